The summed E-state index contributed by atoms with van der Waals surface area (Å²) in [6.07, 6.45) is 0. The van der Waals surface area contributed by atoms with Gasteiger partial charge in [0.15, 0.2) is 0 Å². The molecule has 0 aliphatic carbocycles. The van der Waals surface area contributed by atoms with Crippen LogP contribution < -0.4 is 10.1 Å². The van der Waals surface area contributed by atoms with Gasteiger partial charge in [-0.1, -0.05) is 24.3 Å². The lowest BCUT2D eigenvalue weighted by Crippen LogP contribution is -1.95. The van der Waals surface area contributed by atoms with Crippen LogP contribution in [0.25, 0.3) is 0 Å². The number of nitrogens with one attached hydrogen (secondary N) is 1. The van der Waals surface area contributed by atoms with Crippen molar-refractivity contribution in [3.8, 4) is 5.75 Å². The zero-order valence-corrected chi connectivity index (χ0v) is 10.5. The zero-order chi connectivity index (χ0) is 13.7. The van der Waals surface area contributed by atoms with Crippen molar-refractivity contribution < 1.29 is 9.66 Å². The van der Waals surface area contributed by atoms with Gasteiger partial charge in [0, 0.05) is 13.1 Å². The maximum atomic E-state index is 10.3. The van der Waals surface area contributed by atoms with Crippen molar-refractivity contribution in [2.45, 2.75) is 6.61 Å². The summed E-state index contributed by atoms with van der Waals surface area (Å²) in [4.78, 5) is 9.94. The number of nitro groups is 1. The molecule has 3 rings (SSSR count). The van der Waals surface area contributed by atoms with Crippen molar-refractivity contribution in [3.05, 3.63) is 64.2 Å². The second-order valence-corrected chi connectivity index (χ2v) is 3.96. The van der Waals surface area contributed by atoms with Crippen LogP contribution in [0.3, 0.4) is 0 Å². The molecule has 5 nitrogen and oxygen atoms in total. The van der Waals surface area contributed by atoms with E-state index < -0.39 is 4.92 Å². The fraction of sp³-hybridized carbons (Fsp3) is 0.143. The maximum absolute atomic E-state index is 10.3. The molecule has 1 aliphatic heterocycles. The molecule has 0 saturated carbocycles. The Kier molecular flexibility index (Phi) is 3.97. The number of nitro benzene ring substituents is 1. The van der Waals surface area contributed by atoms with Crippen molar-refractivity contribution in [3.63, 3.8) is 0 Å². The number of benzene rings is 2. The van der Waals surface area contributed by atoms with Gasteiger partial charge >= 0.3 is 0 Å². The first-order chi connectivity index (χ1) is 9.20. The molecule has 0 aromatic heterocycles. The van der Waals surface area contributed by atoms with Crippen LogP contribution in [0.1, 0.15) is 5.56 Å². The van der Waals surface area contributed by atoms with Gasteiger partial charge < -0.3 is 10.1 Å². The first-order valence-electron chi connectivity index (χ1n) is 5.83. The Balaban J connectivity index is 0.000000146. The van der Waals surface area contributed by atoms with Gasteiger partial charge in [-0.25, -0.2) is 0 Å². The van der Waals surface area contributed by atoms with Gasteiger partial charge in [-0.3, -0.25) is 10.1 Å². The van der Waals surface area contributed by atoms with Crippen LogP contribution in [0.15, 0.2) is 48.5 Å². The van der Waals surface area contributed by atoms with E-state index in [1.807, 2.05) is 12.1 Å². The Morgan fingerprint density at radius 3 is 2.58 bits per heavy atom. The summed E-state index contributed by atoms with van der Waals surface area (Å²) in [5.41, 5.74) is 1.93. The summed E-state index contributed by atoms with van der Waals surface area (Å²) in [5.74, 6) is 1.00. The number of para-hydroxylation sites is 2. The van der Waals surface area contributed by atoms with Crippen LogP contribution in [-0.2, 0) is 6.61 Å². The normalized spacial score (nSPS) is 11.0. The second-order valence-electron chi connectivity index (χ2n) is 3.96. The minimum Gasteiger partial charge on any atom is -0.489 e. The second kappa shape index (κ2) is 5.86. The van der Waals surface area contributed by atoms with E-state index in [2.05, 4.69) is 17.4 Å². The van der Waals surface area contributed by atoms with Gasteiger partial charge in [-0.2, -0.15) is 0 Å². The lowest BCUT2D eigenvalue weighted by atomic mass is 10.2. The Bertz CT molecular complexity index is 565. The molecule has 0 saturated heterocycles. The average Bonchev–Trinajstić information content (AvgIpc) is 2.78. The Hall–Kier alpha value is -2.56. The standard InChI is InChI=1S/C7H8N2O2.C7H6O/c1-8-6-4-2-3-5-7(6)9(10)11;1-2-6-4-7(3-1)8-5-6/h2-5,8H,1H3;1-4H,5H2. The molecule has 0 atom stereocenters. The third-order valence-electron chi connectivity index (χ3n) is 2.67. The summed E-state index contributed by atoms with van der Waals surface area (Å²) in [5, 5.41) is 13.1. The summed E-state index contributed by atoms with van der Waals surface area (Å²) in [6.45, 7) is 0.766. The number of rotatable bonds is 2. The lowest BCUT2D eigenvalue weighted by molar-refractivity contribution is -0.383. The molecule has 19 heavy (non-hydrogen) atoms. The first-order valence-corrected chi connectivity index (χ1v) is 5.83. The van der Waals surface area contributed by atoms with E-state index in [1.54, 1.807) is 25.2 Å². The smallest absolute Gasteiger partial charge is 0.292 e. The van der Waals surface area contributed by atoms with Gasteiger partial charge in [-0.05, 0) is 23.8 Å². The van der Waals surface area contributed by atoms with Crippen molar-refractivity contribution in [2.75, 3.05) is 12.4 Å². The van der Waals surface area contributed by atoms with Gasteiger partial charge in [0.2, 0.25) is 0 Å². The average molecular weight is 258 g/mol. The van der Waals surface area contributed by atoms with Crippen molar-refractivity contribution in [2.24, 2.45) is 0 Å². The Morgan fingerprint density at radius 2 is 2.00 bits per heavy atom. The number of nitrogens with zero attached hydrogens (tertiary/aromatic N) is 1. The molecule has 1 N–H and O–H groups in total. The predicted molar refractivity (Wildman–Crippen MR) is 73.4 cm³/mol. The molecular formula is C14H14N2O3. The topological polar surface area (TPSA) is 64.4 Å². The highest BCUT2D eigenvalue weighted by Crippen LogP contribution is 2.22. The van der Waals surface area contributed by atoms with E-state index in [4.69, 9.17) is 4.74 Å². The largest absolute Gasteiger partial charge is 0.489 e. The molecule has 0 amide bonds. The molecule has 1 aliphatic rings. The van der Waals surface area contributed by atoms with Gasteiger partial charge in [-0.15, -0.1) is 0 Å². The van der Waals surface area contributed by atoms with E-state index in [1.165, 1.54) is 11.6 Å². The molecule has 1 heterocycles. The summed E-state index contributed by atoms with van der Waals surface area (Å²) in [7, 11) is 1.66. The molecule has 0 spiro atoms. The van der Waals surface area contributed by atoms with Crippen LogP contribution in [0.5, 0.6) is 5.75 Å². The molecule has 2 bridgehead atoms. The van der Waals surface area contributed by atoms with E-state index in [0.717, 1.165) is 12.4 Å². The van der Waals surface area contributed by atoms with Crippen LogP contribution >= 0.6 is 0 Å². The monoisotopic (exact) mass is 258 g/mol. The molecule has 98 valence electrons. The van der Waals surface area contributed by atoms with E-state index in [-0.39, 0.29) is 5.69 Å². The highest BCUT2D eigenvalue weighted by Gasteiger charge is 2.09. The number of hydrogen-bond donors (Lipinski definition) is 1. The van der Waals surface area contributed by atoms with Crippen molar-refractivity contribution in [1.82, 2.24) is 0 Å². The molecule has 2 aromatic carbocycles. The minimum absolute atomic E-state index is 0.106. The summed E-state index contributed by atoms with van der Waals surface area (Å²) < 4.78 is 5.18. The van der Waals surface area contributed by atoms with Gasteiger partial charge in [0.1, 0.15) is 18.0 Å². The minimum atomic E-state index is -0.411. The van der Waals surface area contributed by atoms with Crippen LogP contribution in [0, 0.1) is 10.1 Å². The number of anilines is 1. The number of ether oxygens (including phenoxy) is 1. The Labute approximate surface area is 111 Å². The van der Waals surface area contributed by atoms with E-state index >= 15 is 0 Å². The highest BCUT2D eigenvalue weighted by atomic mass is 16.6. The zero-order valence-electron chi connectivity index (χ0n) is 10.5. The van der Waals surface area contributed by atoms with Crippen LogP contribution in [0.2, 0.25) is 0 Å². The SMILES string of the molecule is CNc1ccccc1[N+](=O)[O-].c1cc2cc(c1)OC2. The number of fused-ring (bicyclic) bond motifs is 2. The van der Waals surface area contributed by atoms with Gasteiger partial charge in [0.05, 0.1) is 4.92 Å². The summed E-state index contributed by atoms with van der Waals surface area (Å²) >= 11 is 0. The molecular weight excluding hydrogens is 244 g/mol. The third kappa shape index (κ3) is 3.22. The van der Waals surface area contributed by atoms with Crippen molar-refractivity contribution in [1.29, 1.82) is 0 Å². The molecule has 0 radical (unpaired) electrons. The number of hydrogen-bond acceptors (Lipinski definition) is 4. The van der Waals surface area contributed by atoms with Crippen LogP contribution in [-0.4, -0.2) is 12.0 Å². The van der Waals surface area contributed by atoms with Gasteiger partial charge in [0.25, 0.3) is 5.69 Å². The quantitative estimate of drug-likeness (QED) is 0.663. The maximum Gasteiger partial charge on any atom is 0.292 e. The third-order valence-corrected chi connectivity index (χ3v) is 2.67. The lowest BCUT2D eigenvalue weighted by Gasteiger charge is -1.98. The van der Waals surface area contributed by atoms with E-state index in [0.29, 0.717) is 5.69 Å². The molecule has 0 unspecified atom stereocenters. The fourth-order valence-electron chi connectivity index (χ4n) is 1.74. The van der Waals surface area contributed by atoms with E-state index in [9.17, 15) is 10.1 Å². The highest BCUT2D eigenvalue weighted by molar-refractivity contribution is 5.60. The Morgan fingerprint density at radius 1 is 1.21 bits per heavy atom. The summed E-state index contributed by atoms with van der Waals surface area (Å²) in [6, 6.07) is 14.6. The predicted octanol–water partition coefficient (Wildman–Crippen LogP) is 3.22. The van der Waals surface area contributed by atoms with Crippen molar-refractivity contribution >= 4 is 11.4 Å². The first kappa shape index (κ1) is 12.9. The molecule has 5 heteroatoms. The fourth-order valence-corrected chi connectivity index (χ4v) is 1.74. The molecule has 0 fully saturated rings. The molecule has 2 aromatic rings. The van der Waals surface area contributed by atoms with Crippen LogP contribution in [0.4, 0.5) is 11.4 Å².